The number of benzene rings is 9. The van der Waals surface area contributed by atoms with Gasteiger partial charge in [0.25, 0.3) is 0 Å². The molecule has 4 heteroatoms. The summed E-state index contributed by atoms with van der Waals surface area (Å²) in [6.45, 7) is 0. The summed E-state index contributed by atoms with van der Waals surface area (Å²) in [6, 6.07) is 79.6. The molecule has 0 atom stereocenters. The van der Waals surface area contributed by atoms with Crippen molar-refractivity contribution in [1.29, 1.82) is 0 Å². The SMILES string of the molecule is c1ccc(-c2ccc(-c3cc(-c4ccc(-c5ccc6c(c5)nc(-c5ccccc5)c5ccc7sc8ccccc8c7c56)cc4)nc(-c4ccc(-c5ccccc5)cc4)n3)cc2)cc1. The number of fused-ring (bicyclic) bond motifs is 7. The molecule has 0 bridgehead atoms. The van der Waals surface area contributed by atoms with Gasteiger partial charge in [-0.25, -0.2) is 15.0 Å². The Kier molecular flexibility index (Phi) is 9.02. The second-order valence-corrected chi connectivity index (χ2v) is 17.0. The van der Waals surface area contributed by atoms with Crippen molar-refractivity contribution in [3.05, 3.63) is 224 Å². The predicted molar refractivity (Wildman–Crippen MR) is 266 cm³/mol. The van der Waals surface area contributed by atoms with Crippen molar-refractivity contribution in [3.63, 3.8) is 0 Å². The van der Waals surface area contributed by atoms with E-state index >= 15 is 0 Å². The normalized spacial score (nSPS) is 11.5. The van der Waals surface area contributed by atoms with Gasteiger partial charge in [-0.05, 0) is 57.6 Å². The van der Waals surface area contributed by atoms with Crippen LogP contribution in [0.2, 0.25) is 0 Å². The molecule has 0 aliphatic heterocycles. The number of pyridine rings is 1. The predicted octanol–water partition coefficient (Wildman–Crippen LogP) is 16.2. The zero-order valence-corrected chi connectivity index (χ0v) is 34.9. The number of rotatable bonds is 7. The monoisotopic (exact) mass is 819 g/mol. The first kappa shape index (κ1) is 36.8. The maximum Gasteiger partial charge on any atom is 0.160 e. The molecule has 0 amide bonds. The fourth-order valence-corrected chi connectivity index (χ4v) is 10.0. The first-order chi connectivity index (χ1) is 31.2. The lowest BCUT2D eigenvalue weighted by Gasteiger charge is -2.13. The van der Waals surface area contributed by atoms with E-state index in [2.05, 4.69) is 212 Å². The Morgan fingerprint density at radius 2 is 0.730 bits per heavy atom. The van der Waals surface area contributed by atoms with Gasteiger partial charge in [-0.1, -0.05) is 200 Å². The Balaban J connectivity index is 0.953. The van der Waals surface area contributed by atoms with E-state index in [4.69, 9.17) is 15.0 Å². The molecule has 12 rings (SSSR count). The van der Waals surface area contributed by atoms with Crippen molar-refractivity contribution in [2.24, 2.45) is 0 Å². The topological polar surface area (TPSA) is 38.7 Å². The Hall–Kier alpha value is -8.05. The van der Waals surface area contributed by atoms with Crippen molar-refractivity contribution in [1.82, 2.24) is 15.0 Å². The third-order valence-corrected chi connectivity index (χ3v) is 13.3. The summed E-state index contributed by atoms with van der Waals surface area (Å²) >= 11 is 1.85. The molecule has 12 aromatic rings. The Morgan fingerprint density at radius 1 is 0.270 bits per heavy atom. The van der Waals surface area contributed by atoms with Gasteiger partial charge < -0.3 is 0 Å². The fourth-order valence-electron chi connectivity index (χ4n) is 8.92. The summed E-state index contributed by atoms with van der Waals surface area (Å²) in [5.74, 6) is 0.688. The van der Waals surface area contributed by atoms with Crippen LogP contribution >= 0.6 is 11.3 Å². The highest BCUT2D eigenvalue weighted by Crippen LogP contribution is 2.44. The minimum Gasteiger partial charge on any atom is -0.247 e. The van der Waals surface area contributed by atoms with Gasteiger partial charge >= 0.3 is 0 Å². The van der Waals surface area contributed by atoms with Crippen molar-refractivity contribution in [2.45, 2.75) is 0 Å². The van der Waals surface area contributed by atoms with E-state index in [1.165, 1.54) is 47.6 Å². The molecule has 0 unspecified atom stereocenters. The lowest BCUT2D eigenvalue weighted by Crippen LogP contribution is -1.96. The molecule has 63 heavy (non-hydrogen) atoms. The number of aromatic nitrogens is 3. The Morgan fingerprint density at radius 3 is 1.33 bits per heavy atom. The third kappa shape index (κ3) is 6.74. The summed E-state index contributed by atoms with van der Waals surface area (Å²) in [4.78, 5) is 15.8. The average Bonchev–Trinajstić information content (AvgIpc) is 3.76. The van der Waals surface area contributed by atoms with Crippen LogP contribution in [0, 0.1) is 0 Å². The van der Waals surface area contributed by atoms with Crippen LogP contribution in [-0.2, 0) is 0 Å². The van der Waals surface area contributed by atoms with E-state index in [9.17, 15) is 0 Å². The van der Waals surface area contributed by atoms with Crippen molar-refractivity contribution in [3.8, 4) is 78.5 Å². The maximum atomic E-state index is 5.40. The first-order valence-corrected chi connectivity index (χ1v) is 22.1. The number of hydrogen-bond donors (Lipinski definition) is 0. The van der Waals surface area contributed by atoms with Gasteiger partial charge in [-0.15, -0.1) is 11.3 Å². The molecule has 294 valence electrons. The molecule has 0 saturated heterocycles. The van der Waals surface area contributed by atoms with Crippen LogP contribution < -0.4 is 0 Å². The number of nitrogens with zero attached hydrogens (tertiary/aromatic N) is 3. The number of thiophene rings is 1. The first-order valence-electron chi connectivity index (χ1n) is 21.2. The zero-order valence-electron chi connectivity index (χ0n) is 34.1. The quantitative estimate of drug-likeness (QED) is 0.150. The minimum atomic E-state index is 0.688. The van der Waals surface area contributed by atoms with Crippen LogP contribution in [0.1, 0.15) is 0 Å². The summed E-state index contributed by atoms with van der Waals surface area (Å²) in [5.41, 5.74) is 14.8. The fraction of sp³-hybridized carbons (Fsp3) is 0. The summed E-state index contributed by atoms with van der Waals surface area (Å²) in [5, 5.41) is 6.19. The van der Waals surface area contributed by atoms with Gasteiger partial charge in [0.2, 0.25) is 0 Å². The molecule has 0 aliphatic rings. The van der Waals surface area contributed by atoms with E-state index in [0.717, 1.165) is 66.9 Å². The Bertz CT molecular complexity index is 3520. The van der Waals surface area contributed by atoms with E-state index in [-0.39, 0.29) is 0 Å². The van der Waals surface area contributed by atoms with Gasteiger partial charge in [0.05, 0.1) is 22.6 Å². The Labute approximate surface area is 369 Å². The highest BCUT2D eigenvalue weighted by Gasteiger charge is 2.18. The largest absolute Gasteiger partial charge is 0.247 e. The minimum absolute atomic E-state index is 0.688. The second kappa shape index (κ2) is 15.4. The van der Waals surface area contributed by atoms with E-state index in [0.29, 0.717) is 5.82 Å². The standard InChI is InChI=1S/C59H37N3S/c1-4-12-38(13-5-1)40-20-26-43(27-21-40)51-37-52(62-59(61-51)46-30-24-41(25-31-46)39-14-6-2-7-15-39)44-28-22-42(23-29-44)47-32-33-48-53(36-47)60-58(45-16-8-3-9-17-45)50-34-35-55-57(56(48)50)49-18-10-11-19-54(49)63-55/h1-37H. The van der Waals surface area contributed by atoms with Crippen LogP contribution in [0.3, 0.4) is 0 Å². The van der Waals surface area contributed by atoms with Crippen LogP contribution in [0.4, 0.5) is 0 Å². The highest BCUT2D eigenvalue weighted by molar-refractivity contribution is 7.26. The maximum absolute atomic E-state index is 5.40. The zero-order chi connectivity index (χ0) is 41.7. The van der Waals surface area contributed by atoms with Crippen LogP contribution in [-0.4, -0.2) is 15.0 Å². The molecular weight excluding hydrogens is 783 g/mol. The van der Waals surface area contributed by atoms with Crippen molar-refractivity contribution < 1.29 is 0 Å². The van der Waals surface area contributed by atoms with Crippen molar-refractivity contribution in [2.75, 3.05) is 0 Å². The summed E-state index contributed by atoms with van der Waals surface area (Å²) in [7, 11) is 0. The van der Waals surface area contributed by atoms with E-state index in [1.54, 1.807) is 0 Å². The molecule has 0 radical (unpaired) electrons. The van der Waals surface area contributed by atoms with Gasteiger partial charge in [-0.3, -0.25) is 0 Å². The molecule has 9 aromatic carbocycles. The average molecular weight is 820 g/mol. The molecule has 0 fully saturated rings. The molecule has 0 N–H and O–H groups in total. The third-order valence-electron chi connectivity index (χ3n) is 12.1. The molecule has 0 saturated carbocycles. The molecule has 3 heterocycles. The van der Waals surface area contributed by atoms with Gasteiger partial charge in [0, 0.05) is 58.6 Å². The lowest BCUT2D eigenvalue weighted by atomic mass is 9.94. The lowest BCUT2D eigenvalue weighted by molar-refractivity contribution is 1.18. The van der Waals surface area contributed by atoms with Gasteiger partial charge in [0.15, 0.2) is 5.82 Å². The van der Waals surface area contributed by atoms with Crippen LogP contribution in [0.25, 0.3) is 120 Å². The van der Waals surface area contributed by atoms with Gasteiger partial charge in [0.1, 0.15) is 0 Å². The summed E-state index contributed by atoms with van der Waals surface area (Å²) in [6.07, 6.45) is 0. The summed E-state index contributed by atoms with van der Waals surface area (Å²) < 4.78 is 2.59. The molecule has 0 spiro atoms. The number of hydrogen-bond acceptors (Lipinski definition) is 4. The van der Waals surface area contributed by atoms with E-state index in [1.807, 2.05) is 23.5 Å². The second-order valence-electron chi connectivity index (χ2n) is 15.9. The smallest absolute Gasteiger partial charge is 0.160 e. The molecule has 3 aromatic heterocycles. The highest BCUT2D eigenvalue weighted by atomic mass is 32.1. The van der Waals surface area contributed by atoms with Crippen LogP contribution in [0.15, 0.2) is 224 Å². The van der Waals surface area contributed by atoms with E-state index < -0.39 is 0 Å². The molecule has 3 nitrogen and oxygen atoms in total. The van der Waals surface area contributed by atoms with Crippen molar-refractivity contribution >= 4 is 53.2 Å². The van der Waals surface area contributed by atoms with Gasteiger partial charge in [-0.2, -0.15) is 0 Å². The van der Waals surface area contributed by atoms with Crippen LogP contribution in [0.5, 0.6) is 0 Å². The molecule has 0 aliphatic carbocycles. The molecular formula is C59H37N3S.